The number of phenolic OH excluding ortho intramolecular Hbond substituents is 1. The van der Waals surface area contributed by atoms with Crippen molar-refractivity contribution in [2.75, 3.05) is 12.0 Å². The highest BCUT2D eigenvalue weighted by Gasteiger charge is 2.41. The summed E-state index contributed by atoms with van der Waals surface area (Å²) in [6, 6.07) is 7.46. The smallest absolute Gasteiger partial charge is 0.270 e. The van der Waals surface area contributed by atoms with Gasteiger partial charge in [-0.1, -0.05) is 24.3 Å². The molecule has 0 saturated heterocycles. The summed E-state index contributed by atoms with van der Waals surface area (Å²) < 4.78 is 6.13. The molecule has 1 atom stereocenters. The number of aromatic hydroxyl groups is 1. The fourth-order valence-electron chi connectivity index (χ4n) is 4.16. The molecule has 1 aliphatic rings. The Hall–Kier alpha value is -4.41. The van der Waals surface area contributed by atoms with E-state index in [9.17, 15) is 14.7 Å². The number of guanidine groups is 1. The lowest BCUT2D eigenvalue weighted by atomic mass is 9.86. The van der Waals surface area contributed by atoms with Gasteiger partial charge in [0.15, 0.2) is 17.4 Å². The Morgan fingerprint density at radius 3 is 2.69 bits per heavy atom. The lowest BCUT2D eigenvalue weighted by Gasteiger charge is -2.36. The molecular weight excluding hydrogens is 462 g/mol. The standard InChI is InChI=1S/C25H29N7O4/c1-13-14(2)21-17(15(3)20(13)34)9-10-25(4,36-21)23(35)29-24(26)27-12-19(33)30-32-22-18-8-6-5-7-16(18)11-28-31-22/h5-8,11,34H,9-10,12H2,1-4H3,(H,30,33)(H,31,32)(H3,26,27,29,35). The molecule has 0 spiro atoms. The van der Waals surface area contributed by atoms with E-state index >= 15 is 0 Å². The zero-order valence-electron chi connectivity index (χ0n) is 20.6. The quantitative estimate of drug-likeness (QED) is 0.180. The fourth-order valence-corrected chi connectivity index (χ4v) is 4.16. The fraction of sp³-hybridized carbons (Fsp3) is 0.320. The summed E-state index contributed by atoms with van der Waals surface area (Å²) in [5, 5.41) is 33.0. The topological polar surface area (TPSA) is 161 Å². The number of amides is 2. The summed E-state index contributed by atoms with van der Waals surface area (Å²) >= 11 is 0. The summed E-state index contributed by atoms with van der Waals surface area (Å²) in [4.78, 5) is 25.2. The lowest BCUT2D eigenvalue weighted by molar-refractivity contribution is -0.135. The number of aromatic nitrogens is 2. The monoisotopic (exact) mass is 491 g/mol. The summed E-state index contributed by atoms with van der Waals surface area (Å²) in [6.07, 6.45) is 2.54. The first kappa shape index (κ1) is 24.7. The SMILES string of the molecule is Cc1c(C)c2c(c(C)c1O)CCC(C)(C(=O)NC(=N)NCC(=O)NNc1nncc3ccccc13)O2. The molecule has 3 aromatic rings. The van der Waals surface area contributed by atoms with Gasteiger partial charge in [-0.2, -0.15) is 5.10 Å². The molecule has 1 aromatic heterocycles. The molecular formula is C25H29N7O4. The zero-order valence-corrected chi connectivity index (χ0v) is 20.6. The van der Waals surface area contributed by atoms with Crippen LogP contribution in [0.2, 0.25) is 0 Å². The minimum absolute atomic E-state index is 0.245. The van der Waals surface area contributed by atoms with Crippen LogP contribution >= 0.6 is 0 Å². The molecule has 0 bridgehead atoms. The van der Waals surface area contributed by atoms with E-state index in [2.05, 4.69) is 31.7 Å². The number of hydrogen-bond acceptors (Lipinski definition) is 8. The maximum Gasteiger partial charge on any atom is 0.270 e. The molecule has 2 aromatic carbocycles. The number of hydrogen-bond donors (Lipinski definition) is 6. The molecule has 0 saturated carbocycles. The van der Waals surface area contributed by atoms with Crippen LogP contribution in [-0.4, -0.2) is 45.2 Å². The van der Waals surface area contributed by atoms with E-state index in [0.29, 0.717) is 30.0 Å². The second-order valence-corrected chi connectivity index (χ2v) is 9.00. The molecule has 11 heteroatoms. The highest BCUT2D eigenvalue weighted by atomic mass is 16.5. The molecule has 2 heterocycles. The van der Waals surface area contributed by atoms with Gasteiger partial charge in [0.1, 0.15) is 11.5 Å². The summed E-state index contributed by atoms with van der Waals surface area (Å²) in [7, 11) is 0. The summed E-state index contributed by atoms with van der Waals surface area (Å²) in [6.45, 7) is 6.88. The predicted octanol–water partition coefficient (Wildman–Crippen LogP) is 2.13. The van der Waals surface area contributed by atoms with Crippen molar-refractivity contribution in [2.24, 2.45) is 0 Å². The summed E-state index contributed by atoms with van der Waals surface area (Å²) in [5.41, 5.74) is 7.13. The van der Waals surface area contributed by atoms with Gasteiger partial charge in [0.05, 0.1) is 12.7 Å². The Morgan fingerprint density at radius 2 is 1.92 bits per heavy atom. The van der Waals surface area contributed by atoms with Crippen molar-refractivity contribution >= 4 is 34.4 Å². The Bertz CT molecular complexity index is 1370. The van der Waals surface area contributed by atoms with Crippen molar-refractivity contribution in [1.82, 2.24) is 26.3 Å². The number of carbonyl (C=O) groups excluding carboxylic acids is 2. The van der Waals surface area contributed by atoms with E-state index < -0.39 is 17.4 Å². The first-order valence-electron chi connectivity index (χ1n) is 11.5. The van der Waals surface area contributed by atoms with Gasteiger partial charge >= 0.3 is 0 Å². The first-order chi connectivity index (χ1) is 17.1. The van der Waals surface area contributed by atoms with Crippen molar-refractivity contribution in [3.63, 3.8) is 0 Å². The van der Waals surface area contributed by atoms with Crippen molar-refractivity contribution < 1.29 is 19.4 Å². The van der Waals surface area contributed by atoms with Gasteiger partial charge < -0.3 is 15.2 Å². The second kappa shape index (κ2) is 9.68. The molecule has 36 heavy (non-hydrogen) atoms. The van der Waals surface area contributed by atoms with Gasteiger partial charge in [0.25, 0.3) is 11.8 Å². The molecule has 2 amide bonds. The number of fused-ring (bicyclic) bond motifs is 2. The number of rotatable bonds is 5. The molecule has 1 unspecified atom stereocenters. The summed E-state index contributed by atoms with van der Waals surface area (Å²) in [5.74, 6) is -0.0773. The van der Waals surface area contributed by atoms with Crippen LogP contribution in [0.1, 0.15) is 35.6 Å². The van der Waals surface area contributed by atoms with Crippen molar-refractivity contribution in [3.05, 3.63) is 52.7 Å². The van der Waals surface area contributed by atoms with Crippen molar-refractivity contribution in [3.8, 4) is 11.5 Å². The predicted molar refractivity (Wildman–Crippen MR) is 135 cm³/mol. The molecule has 0 fully saturated rings. The van der Waals surface area contributed by atoms with Crippen LogP contribution in [0.15, 0.2) is 30.5 Å². The zero-order chi connectivity index (χ0) is 26.0. The maximum atomic E-state index is 13.0. The normalized spacial score (nSPS) is 16.4. The van der Waals surface area contributed by atoms with Gasteiger partial charge in [-0.05, 0) is 50.8 Å². The molecule has 188 valence electrons. The third-order valence-electron chi connectivity index (χ3n) is 6.55. The average molecular weight is 492 g/mol. The Balaban J connectivity index is 1.31. The Labute approximate surface area is 208 Å². The maximum absolute atomic E-state index is 13.0. The third-order valence-corrected chi connectivity index (χ3v) is 6.55. The molecule has 0 radical (unpaired) electrons. The Kier molecular flexibility index (Phi) is 6.65. The number of nitrogens with zero attached hydrogens (tertiary/aromatic N) is 2. The van der Waals surface area contributed by atoms with E-state index in [4.69, 9.17) is 10.1 Å². The van der Waals surface area contributed by atoms with Crippen LogP contribution in [0.5, 0.6) is 11.5 Å². The number of anilines is 1. The van der Waals surface area contributed by atoms with Crippen LogP contribution < -0.4 is 26.2 Å². The Morgan fingerprint density at radius 1 is 1.17 bits per heavy atom. The van der Waals surface area contributed by atoms with Crippen LogP contribution in [0.4, 0.5) is 5.82 Å². The van der Waals surface area contributed by atoms with Gasteiger partial charge in [0, 0.05) is 22.8 Å². The first-order valence-corrected chi connectivity index (χ1v) is 11.5. The molecule has 1 aliphatic heterocycles. The lowest BCUT2D eigenvalue weighted by Crippen LogP contribution is -2.55. The highest BCUT2D eigenvalue weighted by Crippen LogP contribution is 2.43. The second-order valence-electron chi connectivity index (χ2n) is 9.00. The number of ether oxygens (including phenoxy) is 1. The highest BCUT2D eigenvalue weighted by molar-refractivity contribution is 6.01. The van der Waals surface area contributed by atoms with E-state index in [1.54, 1.807) is 20.0 Å². The van der Waals surface area contributed by atoms with Crippen LogP contribution in [0.25, 0.3) is 10.8 Å². The van der Waals surface area contributed by atoms with E-state index in [-0.39, 0.29) is 18.3 Å². The molecule has 6 N–H and O–H groups in total. The average Bonchev–Trinajstić information content (AvgIpc) is 2.88. The van der Waals surface area contributed by atoms with Gasteiger partial charge in [-0.25, -0.2) is 0 Å². The largest absolute Gasteiger partial charge is 0.507 e. The molecule has 0 aliphatic carbocycles. The number of phenols is 1. The van der Waals surface area contributed by atoms with Crippen LogP contribution in [0.3, 0.4) is 0 Å². The number of nitrogens with one attached hydrogen (secondary N) is 5. The van der Waals surface area contributed by atoms with Crippen molar-refractivity contribution in [2.45, 2.75) is 46.1 Å². The van der Waals surface area contributed by atoms with Gasteiger partial charge in [0.2, 0.25) is 0 Å². The van der Waals surface area contributed by atoms with Gasteiger partial charge in [-0.15, -0.1) is 5.10 Å². The molecule has 11 nitrogen and oxygen atoms in total. The number of hydrazine groups is 1. The minimum Gasteiger partial charge on any atom is -0.507 e. The van der Waals surface area contributed by atoms with Crippen LogP contribution in [-0.2, 0) is 16.0 Å². The number of carbonyl (C=O) groups is 2. The van der Waals surface area contributed by atoms with E-state index in [1.807, 2.05) is 38.1 Å². The van der Waals surface area contributed by atoms with Crippen LogP contribution in [0, 0.1) is 26.2 Å². The minimum atomic E-state index is -1.21. The van der Waals surface area contributed by atoms with Crippen molar-refractivity contribution in [1.29, 1.82) is 5.41 Å². The number of benzene rings is 2. The van der Waals surface area contributed by atoms with Gasteiger partial charge in [-0.3, -0.25) is 31.2 Å². The van der Waals surface area contributed by atoms with E-state index in [1.165, 1.54) is 0 Å². The molecule has 4 rings (SSSR count). The third kappa shape index (κ3) is 4.72. The van der Waals surface area contributed by atoms with E-state index in [0.717, 1.165) is 27.5 Å².